The first-order valence-electron chi connectivity index (χ1n) is 9.35. The number of likely N-dealkylation sites (N-methyl/N-ethyl adjacent to an activating group) is 1. The zero-order chi connectivity index (χ0) is 21.8. The normalized spacial score (nSPS) is 18.7. The van der Waals surface area contributed by atoms with Crippen LogP contribution in [0.3, 0.4) is 0 Å². The number of hydrogen-bond donors (Lipinski definition) is 1. The van der Waals surface area contributed by atoms with Gasteiger partial charge in [0.15, 0.2) is 0 Å². The predicted molar refractivity (Wildman–Crippen MR) is 120 cm³/mol. The topological polar surface area (TPSA) is 52.7 Å². The summed E-state index contributed by atoms with van der Waals surface area (Å²) in [4.78, 5) is 29.8. The van der Waals surface area contributed by atoms with Crippen LogP contribution in [-0.4, -0.2) is 60.6 Å². The number of rotatable bonds is 6. The Morgan fingerprint density at radius 2 is 1.90 bits per heavy atom. The first kappa shape index (κ1) is 22.9. The predicted octanol–water partition coefficient (Wildman–Crippen LogP) is 4.07. The van der Waals surface area contributed by atoms with Crippen molar-refractivity contribution in [2.45, 2.75) is 11.4 Å². The molecule has 1 fully saturated rings. The molecule has 0 radical (unpaired) electrons. The van der Waals surface area contributed by atoms with Gasteiger partial charge in [-0.3, -0.25) is 9.59 Å². The standard InChI is InChI=1S/C21H22Cl2FN3O2S/c1-26(2)10-9-25-19(28)18-12-30-21(13-3-6-15(24)7-4-13)27(18)20(29)16-8-5-14(22)11-17(16)23/h3-8,11,18,21H,9-10,12H2,1-2H3,(H,25,28). The van der Waals surface area contributed by atoms with Gasteiger partial charge in [-0.2, -0.15) is 0 Å². The van der Waals surface area contributed by atoms with Crippen molar-refractivity contribution in [2.75, 3.05) is 32.9 Å². The Hall–Kier alpha value is -1.80. The highest BCUT2D eigenvalue weighted by Gasteiger charge is 2.43. The van der Waals surface area contributed by atoms with E-state index in [1.807, 2.05) is 19.0 Å². The van der Waals surface area contributed by atoms with Crippen molar-refractivity contribution in [3.05, 3.63) is 69.5 Å². The van der Waals surface area contributed by atoms with Crippen molar-refractivity contribution < 1.29 is 14.0 Å². The van der Waals surface area contributed by atoms with Gasteiger partial charge >= 0.3 is 0 Å². The summed E-state index contributed by atoms with van der Waals surface area (Å²) in [5.41, 5.74) is 1.00. The molecule has 1 aliphatic heterocycles. The van der Waals surface area contributed by atoms with Crippen LogP contribution in [-0.2, 0) is 4.79 Å². The first-order chi connectivity index (χ1) is 14.3. The van der Waals surface area contributed by atoms with E-state index in [0.717, 1.165) is 5.56 Å². The van der Waals surface area contributed by atoms with E-state index in [2.05, 4.69) is 5.32 Å². The van der Waals surface area contributed by atoms with Gasteiger partial charge in [0, 0.05) is 23.9 Å². The maximum Gasteiger partial charge on any atom is 0.257 e. The van der Waals surface area contributed by atoms with Gasteiger partial charge in [-0.25, -0.2) is 4.39 Å². The Bertz CT molecular complexity index is 927. The average Bonchev–Trinajstić information content (AvgIpc) is 3.13. The van der Waals surface area contributed by atoms with Gasteiger partial charge in [0.2, 0.25) is 5.91 Å². The van der Waals surface area contributed by atoms with E-state index in [9.17, 15) is 14.0 Å². The van der Waals surface area contributed by atoms with Crippen molar-refractivity contribution in [3.63, 3.8) is 0 Å². The lowest BCUT2D eigenvalue weighted by Gasteiger charge is -2.29. The second-order valence-electron chi connectivity index (χ2n) is 7.18. The highest BCUT2D eigenvalue weighted by atomic mass is 35.5. The molecule has 2 aromatic carbocycles. The summed E-state index contributed by atoms with van der Waals surface area (Å²) in [6, 6.07) is 9.91. The van der Waals surface area contributed by atoms with E-state index in [1.54, 1.807) is 24.3 Å². The highest BCUT2D eigenvalue weighted by Crippen LogP contribution is 2.43. The number of nitrogens with one attached hydrogen (secondary N) is 1. The molecule has 0 aliphatic carbocycles. The molecule has 1 aliphatic rings. The Balaban J connectivity index is 1.91. The quantitative estimate of drug-likeness (QED) is 0.692. The summed E-state index contributed by atoms with van der Waals surface area (Å²) < 4.78 is 13.4. The second kappa shape index (κ2) is 10.0. The molecule has 1 N–H and O–H groups in total. The van der Waals surface area contributed by atoms with Crippen molar-refractivity contribution in [1.82, 2.24) is 15.1 Å². The van der Waals surface area contributed by atoms with Crippen LogP contribution in [0.4, 0.5) is 4.39 Å². The third kappa shape index (κ3) is 5.27. The lowest BCUT2D eigenvalue weighted by molar-refractivity contribution is -0.124. The smallest absolute Gasteiger partial charge is 0.257 e. The molecular weight excluding hydrogens is 448 g/mol. The summed E-state index contributed by atoms with van der Waals surface area (Å²) in [6.45, 7) is 1.15. The van der Waals surface area contributed by atoms with Crippen molar-refractivity contribution in [3.8, 4) is 0 Å². The van der Waals surface area contributed by atoms with Crippen LogP contribution in [0.15, 0.2) is 42.5 Å². The third-order valence-corrected chi connectivity index (χ3v) is 6.58. The fourth-order valence-corrected chi connectivity index (χ4v) is 5.08. The Kier molecular flexibility index (Phi) is 7.63. The van der Waals surface area contributed by atoms with Gasteiger partial charge in [-0.1, -0.05) is 35.3 Å². The lowest BCUT2D eigenvalue weighted by Crippen LogP contribution is -2.49. The zero-order valence-electron chi connectivity index (χ0n) is 16.6. The number of thioether (sulfide) groups is 1. The van der Waals surface area contributed by atoms with Gasteiger partial charge < -0.3 is 15.1 Å². The first-order valence-corrected chi connectivity index (χ1v) is 11.2. The Labute approximate surface area is 189 Å². The van der Waals surface area contributed by atoms with E-state index in [-0.39, 0.29) is 28.2 Å². The minimum atomic E-state index is -0.675. The summed E-state index contributed by atoms with van der Waals surface area (Å²) in [5, 5.41) is 3.09. The fraction of sp³-hybridized carbons (Fsp3) is 0.333. The highest BCUT2D eigenvalue weighted by molar-refractivity contribution is 7.99. The molecule has 30 heavy (non-hydrogen) atoms. The van der Waals surface area contributed by atoms with E-state index < -0.39 is 11.4 Å². The van der Waals surface area contributed by atoms with Crippen LogP contribution >= 0.6 is 35.0 Å². The minimum Gasteiger partial charge on any atom is -0.353 e. The van der Waals surface area contributed by atoms with Gasteiger partial charge in [0.05, 0.1) is 10.6 Å². The summed E-state index contributed by atoms with van der Waals surface area (Å²) in [7, 11) is 3.83. The molecule has 5 nitrogen and oxygen atoms in total. The molecule has 2 amide bonds. The zero-order valence-corrected chi connectivity index (χ0v) is 18.9. The van der Waals surface area contributed by atoms with Crippen LogP contribution in [0.25, 0.3) is 0 Å². The molecule has 0 aromatic heterocycles. The Morgan fingerprint density at radius 3 is 2.53 bits per heavy atom. The van der Waals surface area contributed by atoms with Crippen molar-refractivity contribution in [2.24, 2.45) is 0 Å². The van der Waals surface area contributed by atoms with E-state index in [4.69, 9.17) is 23.2 Å². The molecule has 0 saturated carbocycles. The van der Waals surface area contributed by atoms with Crippen LogP contribution in [0.5, 0.6) is 0 Å². The number of carbonyl (C=O) groups is 2. The molecule has 2 atom stereocenters. The van der Waals surface area contributed by atoms with Crippen molar-refractivity contribution >= 4 is 46.8 Å². The van der Waals surface area contributed by atoms with Gasteiger partial charge in [-0.05, 0) is 50.0 Å². The molecular formula is C21H22Cl2FN3O2S. The second-order valence-corrected chi connectivity index (χ2v) is 9.14. The number of nitrogens with zero attached hydrogens (tertiary/aromatic N) is 2. The number of benzene rings is 2. The molecule has 1 saturated heterocycles. The number of carbonyl (C=O) groups excluding carboxylic acids is 2. The average molecular weight is 470 g/mol. The maximum absolute atomic E-state index is 13.4. The lowest BCUT2D eigenvalue weighted by atomic mass is 10.1. The van der Waals surface area contributed by atoms with E-state index >= 15 is 0 Å². The van der Waals surface area contributed by atoms with Crippen LogP contribution in [0, 0.1) is 5.82 Å². The van der Waals surface area contributed by atoms with E-state index in [1.165, 1.54) is 34.9 Å². The molecule has 9 heteroatoms. The SMILES string of the molecule is CN(C)CCNC(=O)C1CSC(c2ccc(F)cc2)N1C(=O)c1ccc(Cl)cc1Cl. The molecule has 3 rings (SSSR count). The minimum absolute atomic E-state index is 0.217. The van der Waals surface area contributed by atoms with Gasteiger partial charge in [-0.15, -0.1) is 11.8 Å². The molecule has 2 aromatic rings. The molecule has 0 bridgehead atoms. The summed E-state index contributed by atoms with van der Waals surface area (Å²) in [6.07, 6.45) is 0. The molecule has 1 heterocycles. The van der Waals surface area contributed by atoms with Crippen LogP contribution in [0.1, 0.15) is 21.3 Å². The molecule has 2 unspecified atom stereocenters. The van der Waals surface area contributed by atoms with E-state index in [0.29, 0.717) is 23.9 Å². The number of halogens is 3. The Morgan fingerprint density at radius 1 is 1.20 bits per heavy atom. The maximum atomic E-state index is 13.4. The fourth-order valence-electron chi connectivity index (χ4n) is 3.16. The number of hydrogen-bond acceptors (Lipinski definition) is 4. The van der Waals surface area contributed by atoms with Crippen molar-refractivity contribution in [1.29, 1.82) is 0 Å². The van der Waals surface area contributed by atoms with Crippen LogP contribution in [0.2, 0.25) is 10.0 Å². The molecule has 0 spiro atoms. The summed E-state index contributed by atoms with van der Waals surface area (Å²) >= 11 is 13.7. The van der Waals surface area contributed by atoms with Gasteiger partial charge in [0.1, 0.15) is 17.2 Å². The van der Waals surface area contributed by atoms with Crippen LogP contribution < -0.4 is 5.32 Å². The third-order valence-electron chi connectivity index (χ3n) is 4.71. The monoisotopic (exact) mass is 469 g/mol. The van der Waals surface area contributed by atoms with Gasteiger partial charge in [0.25, 0.3) is 5.91 Å². The summed E-state index contributed by atoms with van der Waals surface area (Å²) in [5.74, 6) is -0.540. The largest absolute Gasteiger partial charge is 0.353 e. The number of amides is 2. The molecule has 160 valence electrons.